The first-order valence-electron chi connectivity index (χ1n) is 7.52. The number of rotatable bonds is 9. The van der Waals surface area contributed by atoms with Crippen molar-refractivity contribution in [3.8, 4) is 5.75 Å². The van der Waals surface area contributed by atoms with Crippen LogP contribution in [0.25, 0.3) is 0 Å². The van der Waals surface area contributed by atoms with Crippen LogP contribution in [0.1, 0.15) is 31.7 Å². The third-order valence-corrected chi connectivity index (χ3v) is 3.60. The van der Waals surface area contributed by atoms with Gasteiger partial charge in [0.1, 0.15) is 11.8 Å². The molecule has 0 aliphatic carbocycles. The second-order valence-electron chi connectivity index (χ2n) is 5.24. The zero-order valence-electron chi connectivity index (χ0n) is 13.3. The molecule has 0 saturated carbocycles. The fourth-order valence-corrected chi connectivity index (χ4v) is 2.42. The van der Waals surface area contributed by atoms with Crippen molar-refractivity contribution >= 4 is 11.9 Å². The molecule has 1 aromatic rings. The first kappa shape index (κ1) is 17.8. The second-order valence-corrected chi connectivity index (χ2v) is 5.24. The van der Waals surface area contributed by atoms with Crippen molar-refractivity contribution in [2.45, 2.75) is 38.6 Å². The van der Waals surface area contributed by atoms with E-state index in [4.69, 9.17) is 21.6 Å². The molecule has 0 fully saturated rings. The Morgan fingerprint density at radius 3 is 2.41 bits per heavy atom. The molecule has 6 heteroatoms. The molecule has 122 valence electrons. The molecule has 0 heterocycles. The summed E-state index contributed by atoms with van der Waals surface area (Å²) in [5.74, 6) is 0.291. The highest BCUT2D eigenvalue weighted by atomic mass is 16.5. The number of benzene rings is 1. The normalized spacial score (nSPS) is 11.7. The van der Waals surface area contributed by atoms with Gasteiger partial charge in [-0.15, -0.1) is 0 Å². The van der Waals surface area contributed by atoms with Crippen LogP contribution >= 0.6 is 0 Å². The lowest BCUT2D eigenvalue weighted by molar-refractivity contribution is -0.122. The molecule has 1 rings (SSSR count). The standard InChI is InChI=1S/C16H26N4O2/c1-3-5-14(15(17)21)20(16(18)19)11-4-6-12-7-9-13(22-2)10-8-12/h7-10,14H,3-6,11H2,1-2H3,(H2,17,21)(H3,18,19)/t14-/m0/s1. The Morgan fingerprint density at radius 1 is 1.32 bits per heavy atom. The molecule has 1 atom stereocenters. The number of guanidine groups is 1. The second kappa shape index (κ2) is 8.92. The SMILES string of the molecule is CCC[C@@H](C(N)=O)N(CCCc1ccc(OC)cc1)C(=N)N. The van der Waals surface area contributed by atoms with E-state index in [2.05, 4.69) is 0 Å². The van der Waals surface area contributed by atoms with E-state index >= 15 is 0 Å². The summed E-state index contributed by atoms with van der Waals surface area (Å²) in [6, 6.07) is 7.35. The van der Waals surface area contributed by atoms with Crippen molar-refractivity contribution in [3.63, 3.8) is 0 Å². The fraction of sp³-hybridized carbons (Fsp3) is 0.500. The van der Waals surface area contributed by atoms with E-state index in [9.17, 15) is 4.79 Å². The Bertz CT molecular complexity index is 487. The Labute approximate surface area is 131 Å². The van der Waals surface area contributed by atoms with Gasteiger partial charge in [-0.2, -0.15) is 0 Å². The van der Waals surface area contributed by atoms with Gasteiger partial charge < -0.3 is 21.1 Å². The summed E-state index contributed by atoms with van der Waals surface area (Å²) in [5.41, 5.74) is 12.2. The molecule has 6 nitrogen and oxygen atoms in total. The summed E-state index contributed by atoms with van der Waals surface area (Å²) < 4.78 is 5.12. The predicted molar refractivity (Wildman–Crippen MR) is 87.8 cm³/mol. The van der Waals surface area contributed by atoms with Crippen LogP contribution < -0.4 is 16.2 Å². The zero-order chi connectivity index (χ0) is 16.5. The van der Waals surface area contributed by atoms with E-state index in [0.717, 1.165) is 25.0 Å². The molecular weight excluding hydrogens is 280 g/mol. The highest BCUT2D eigenvalue weighted by molar-refractivity contribution is 5.86. The summed E-state index contributed by atoms with van der Waals surface area (Å²) in [5, 5.41) is 7.67. The third kappa shape index (κ3) is 5.27. The van der Waals surface area contributed by atoms with E-state index in [1.54, 1.807) is 12.0 Å². The summed E-state index contributed by atoms with van der Waals surface area (Å²) in [6.45, 7) is 2.51. The molecule has 0 aromatic heterocycles. The topological polar surface area (TPSA) is 105 Å². The maximum Gasteiger partial charge on any atom is 0.240 e. The van der Waals surface area contributed by atoms with Crippen LogP contribution in [0.5, 0.6) is 5.75 Å². The maximum atomic E-state index is 11.6. The number of hydrogen-bond acceptors (Lipinski definition) is 3. The number of nitrogens with zero attached hydrogens (tertiary/aromatic N) is 1. The van der Waals surface area contributed by atoms with Crippen LogP contribution in [0, 0.1) is 5.41 Å². The van der Waals surface area contributed by atoms with Gasteiger partial charge in [0.2, 0.25) is 5.91 Å². The fourth-order valence-electron chi connectivity index (χ4n) is 2.42. The summed E-state index contributed by atoms with van der Waals surface area (Å²) in [4.78, 5) is 13.1. The van der Waals surface area contributed by atoms with Crippen molar-refractivity contribution in [1.29, 1.82) is 5.41 Å². The lowest BCUT2D eigenvalue weighted by atomic mass is 10.1. The minimum absolute atomic E-state index is 0.105. The monoisotopic (exact) mass is 306 g/mol. The lowest BCUT2D eigenvalue weighted by Gasteiger charge is -2.29. The number of amides is 1. The zero-order valence-corrected chi connectivity index (χ0v) is 13.3. The van der Waals surface area contributed by atoms with E-state index < -0.39 is 11.9 Å². The summed E-state index contributed by atoms with van der Waals surface area (Å²) in [6.07, 6.45) is 3.05. The van der Waals surface area contributed by atoms with Crippen LogP contribution in [-0.2, 0) is 11.2 Å². The third-order valence-electron chi connectivity index (χ3n) is 3.60. The summed E-state index contributed by atoms with van der Waals surface area (Å²) >= 11 is 0. The van der Waals surface area contributed by atoms with Crippen LogP contribution in [0.3, 0.4) is 0 Å². The van der Waals surface area contributed by atoms with E-state index in [-0.39, 0.29) is 5.96 Å². The van der Waals surface area contributed by atoms with Crippen LogP contribution in [0.15, 0.2) is 24.3 Å². The van der Waals surface area contributed by atoms with Crippen LogP contribution in [-0.4, -0.2) is 36.5 Å². The lowest BCUT2D eigenvalue weighted by Crippen LogP contribution is -2.50. The molecule has 0 bridgehead atoms. The Hall–Kier alpha value is -2.24. The number of hydrogen-bond donors (Lipinski definition) is 3. The first-order chi connectivity index (χ1) is 10.5. The highest BCUT2D eigenvalue weighted by Gasteiger charge is 2.23. The minimum Gasteiger partial charge on any atom is -0.497 e. The molecule has 0 aliphatic heterocycles. The van der Waals surface area contributed by atoms with Gasteiger partial charge in [0.05, 0.1) is 7.11 Å². The van der Waals surface area contributed by atoms with Gasteiger partial charge in [-0.05, 0) is 37.0 Å². The van der Waals surface area contributed by atoms with Crippen molar-refractivity contribution < 1.29 is 9.53 Å². The number of methoxy groups -OCH3 is 1. The smallest absolute Gasteiger partial charge is 0.240 e. The number of aryl methyl sites for hydroxylation is 1. The van der Waals surface area contributed by atoms with E-state index in [1.807, 2.05) is 31.2 Å². The van der Waals surface area contributed by atoms with E-state index in [0.29, 0.717) is 13.0 Å². The minimum atomic E-state index is -0.502. The van der Waals surface area contributed by atoms with Crippen molar-refractivity contribution in [2.24, 2.45) is 11.5 Å². The number of carbonyl (C=O) groups is 1. The van der Waals surface area contributed by atoms with Gasteiger partial charge in [-0.25, -0.2) is 0 Å². The van der Waals surface area contributed by atoms with Gasteiger partial charge in [-0.1, -0.05) is 25.5 Å². The van der Waals surface area contributed by atoms with Gasteiger partial charge in [-0.3, -0.25) is 10.2 Å². The Morgan fingerprint density at radius 2 is 1.95 bits per heavy atom. The van der Waals surface area contributed by atoms with Gasteiger partial charge in [0, 0.05) is 6.54 Å². The van der Waals surface area contributed by atoms with Crippen molar-refractivity contribution in [1.82, 2.24) is 4.90 Å². The Kier molecular flexibility index (Phi) is 7.22. The van der Waals surface area contributed by atoms with Gasteiger partial charge in [0.15, 0.2) is 5.96 Å². The molecule has 5 N–H and O–H groups in total. The molecule has 0 radical (unpaired) electrons. The molecular formula is C16H26N4O2. The number of carbonyl (C=O) groups excluding carboxylic acids is 1. The van der Waals surface area contributed by atoms with Crippen LogP contribution in [0.4, 0.5) is 0 Å². The van der Waals surface area contributed by atoms with Gasteiger partial charge >= 0.3 is 0 Å². The predicted octanol–water partition coefficient (Wildman–Crippen LogP) is 1.48. The number of nitrogens with one attached hydrogen (secondary N) is 1. The first-order valence-corrected chi connectivity index (χ1v) is 7.52. The van der Waals surface area contributed by atoms with Crippen molar-refractivity contribution in [3.05, 3.63) is 29.8 Å². The van der Waals surface area contributed by atoms with Crippen LogP contribution in [0.2, 0.25) is 0 Å². The average molecular weight is 306 g/mol. The molecule has 0 spiro atoms. The molecule has 0 aliphatic rings. The molecule has 1 aromatic carbocycles. The van der Waals surface area contributed by atoms with Crippen molar-refractivity contribution in [2.75, 3.05) is 13.7 Å². The molecule has 0 saturated heterocycles. The molecule has 1 amide bonds. The number of nitrogens with two attached hydrogens (primary N) is 2. The number of primary amides is 1. The Balaban J connectivity index is 2.59. The largest absolute Gasteiger partial charge is 0.497 e. The molecule has 0 unspecified atom stereocenters. The quantitative estimate of drug-likeness (QED) is 0.474. The summed E-state index contributed by atoms with van der Waals surface area (Å²) in [7, 11) is 1.64. The maximum absolute atomic E-state index is 11.6. The number of ether oxygens (including phenoxy) is 1. The molecule has 22 heavy (non-hydrogen) atoms. The highest BCUT2D eigenvalue weighted by Crippen LogP contribution is 2.14. The average Bonchev–Trinajstić information content (AvgIpc) is 2.50. The van der Waals surface area contributed by atoms with Gasteiger partial charge in [0.25, 0.3) is 0 Å². The van der Waals surface area contributed by atoms with E-state index in [1.165, 1.54) is 5.56 Å².